The van der Waals surface area contributed by atoms with Gasteiger partial charge in [-0.25, -0.2) is 5.43 Å². The van der Waals surface area contributed by atoms with E-state index in [2.05, 4.69) is 44.7 Å². The quantitative estimate of drug-likeness (QED) is 0.220. The lowest BCUT2D eigenvalue weighted by atomic mass is 10.1. The van der Waals surface area contributed by atoms with Gasteiger partial charge in [0.2, 0.25) is 0 Å². The predicted octanol–water partition coefficient (Wildman–Crippen LogP) is 6.05. The summed E-state index contributed by atoms with van der Waals surface area (Å²) in [6.45, 7) is 2.74. The average Bonchev–Trinajstić information content (AvgIpc) is 2.84. The van der Waals surface area contributed by atoms with E-state index in [0.717, 1.165) is 16.3 Å². The Morgan fingerprint density at radius 1 is 1.03 bits per heavy atom. The maximum absolute atomic E-state index is 12.2. The Labute approximate surface area is 206 Å². The second kappa shape index (κ2) is 10.9. The highest BCUT2D eigenvalue weighted by Crippen LogP contribution is 2.37. The Morgan fingerprint density at radius 2 is 1.79 bits per heavy atom. The van der Waals surface area contributed by atoms with Gasteiger partial charge in [0.1, 0.15) is 12.4 Å². The molecule has 0 aliphatic rings. The van der Waals surface area contributed by atoms with Gasteiger partial charge < -0.3 is 14.6 Å². The standard InChI is InChI=1S/C27H23BrN2O4/c1-2-33-25-15-18(16-29-30-27(32)22-12-5-6-13-24(22)31)14-23(28)26(25)34-17-20-10-7-9-19-8-3-4-11-21(19)20/h3-16,31H,2,17H2,1H3,(H,30,32). The SMILES string of the molecule is CCOc1cc(C=NNC(=O)c2ccccc2O)cc(Br)c1OCc1cccc2ccccc12. The van der Waals surface area contributed by atoms with E-state index in [1.807, 2.05) is 37.3 Å². The number of hydrazone groups is 1. The molecule has 7 heteroatoms. The summed E-state index contributed by atoms with van der Waals surface area (Å²) in [6, 6.07) is 24.2. The van der Waals surface area contributed by atoms with E-state index in [1.165, 1.54) is 18.3 Å². The Hall–Kier alpha value is -3.84. The molecule has 0 bridgehead atoms. The van der Waals surface area contributed by atoms with Crippen molar-refractivity contribution in [3.05, 3.63) is 100 Å². The smallest absolute Gasteiger partial charge is 0.275 e. The van der Waals surface area contributed by atoms with Crippen molar-refractivity contribution in [2.45, 2.75) is 13.5 Å². The number of rotatable bonds is 8. The predicted molar refractivity (Wildman–Crippen MR) is 137 cm³/mol. The minimum absolute atomic E-state index is 0.107. The molecule has 4 aromatic rings. The van der Waals surface area contributed by atoms with Crippen LogP contribution in [0.25, 0.3) is 10.8 Å². The number of aromatic hydroxyl groups is 1. The van der Waals surface area contributed by atoms with Crippen LogP contribution in [0.15, 0.2) is 88.4 Å². The van der Waals surface area contributed by atoms with E-state index in [-0.39, 0.29) is 11.3 Å². The molecule has 0 spiro atoms. The van der Waals surface area contributed by atoms with E-state index in [0.29, 0.717) is 34.7 Å². The minimum Gasteiger partial charge on any atom is -0.507 e. The van der Waals surface area contributed by atoms with Crippen molar-refractivity contribution in [1.82, 2.24) is 5.43 Å². The number of nitrogens with zero attached hydrogens (tertiary/aromatic N) is 1. The van der Waals surface area contributed by atoms with Crippen molar-refractivity contribution < 1.29 is 19.4 Å². The van der Waals surface area contributed by atoms with Crippen molar-refractivity contribution in [2.24, 2.45) is 5.10 Å². The van der Waals surface area contributed by atoms with Crippen LogP contribution < -0.4 is 14.9 Å². The van der Waals surface area contributed by atoms with Crippen molar-refractivity contribution in [3.63, 3.8) is 0 Å². The molecule has 0 unspecified atom stereocenters. The highest BCUT2D eigenvalue weighted by atomic mass is 79.9. The number of para-hydroxylation sites is 1. The number of ether oxygens (including phenoxy) is 2. The first kappa shape index (κ1) is 23.3. The van der Waals surface area contributed by atoms with Gasteiger partial charge in [-0.15, -0.1) is 0 Å². The van der Waals surface area contributed by atoms with Crippen LogP contribution in [-0.4, -0.2) is 23.8 Å². The first-order valence-corrected chi connectivity index (χ1v) is 11.5. The van der Waals surface area contributed by atoms with Gasteiger partial charge in [0, 0.05) is 0 Å². The zero-order valence-electron chi connectivity index (χ0n) is 18.5. The van der Waals surface area contributed by atoms with Gasteiger partial charge >= 0.3 is 0 Å². The van der Waals surface area contributed by atoms with Crippen molar-refractivity contribution in [2.75, 3.05) is 6.61 Å². The molecular weight excluding hydrogens is 496 g/mol. The molecule has 0 heterocycles. The number of benzene rings is 4. The fourth-order valence-electron chi connectivity index (χ4n) is 3.53. The number of phenolic OH excluding ortho intramolecular Hbond substituents is 1. The summed E-state index contributed by atoms with van der Waals surface area (Å²) in [5.74, 6) is 0.536. The van der Waals surface area contributed by atoms with E-state index >= 15 is 0 Å². The fourth-order valence-corrected chi connectivity index (χ4v) is 4.10. The Bertz CT molecular complexity index is 1350. The van der Waals surface area contributed by atoms with Gasteiger partial charge in [-0.1, -0.05) is 54.6 Å². The lowest BCUT2D eigenvalue weighted by Crippen LogP contribution is -2.17. The molecule has 2 N–H and O–H groups in total. The Kier molecular flexibility index (Phi) is 7.44. The summed E-state index contributed by atoms with van der Waals surface area (Å²) < 4.78 is 12.7. The third-order valence-electron chi connectivity index (χ3n) is 5.11. The summed E-state index contributed by atoms with van der Waals surface area (Å²) >= 11 is 3.57. The molecule has 0 aliphatic carbocycles. The fraction of sp³-hybridized carbons (Fsp3) is 0.111. The van der Waals surface area contributed by atoms with Crippen molar-refractivity contribution in [3.8, 4) is 17.2 Å². The maximum Gasteiger partial charge on any atom is 0.275 e. The Morgan fingerprint density at radius 3 is 2.62 bits per heavy atom. The molecule has 1 amide bonds. The topological polar surface area (TPSA) is 80.2 Å². The lowest BCUT2D eigenvalue weighted by Gasteiger charge is -2.15. The van der Waals surface area contributed by atoms with Crippen molar-refractivity contribution >= 4 is 38.8 Å². The number of phenols is 1. The molecule has 0 radical (unpaired) electrons. The maximum atomic E-state index is 12.2. The molecule has 0 saturated heterocycles. The summed E-state index contributed by atoms with van der Waals surface area (Å²) in [5.41, 5.74) is 4.34. The van der Waals surface area contributed by atoms with Crippen LogP contribution in [0, 0.1) is 0 Å². The molecule has 0 fully saturated rings. The molecule has 0 atom stereocenters. The van der Waals surface area contributed by atoms with E-state index in [1.54, 1.807) is 18.2 Å². The van der Waals surface area contributed by atoms with E-state index < -0.39 is 5.91 Å². The molecule has 34 heavy (non-hydrogen) atoms. The van der Waals surface area contributed by atoms with Gasteiger partial charge in [-0.2, -0.15) is 5.10 Å². The number of carbonyl (C=O) groups is 1. The van der Waals surface area contributed by atoms with Crippen LogP contribution in [0.3, 0.4) is 0 Å². The largest absolute Gasteiger partial charge is 0.507 e. The number of fused-ring (bicyclic) bond motifs is 1. The van der Waals surface area contributed by atoms with Crippen LogP contribution in [0.4, 0.5) is 0 Å². The molecular formula is C27H23BrN2O4. The molecule has 6 nitrogen and oxygen atoms in total. The molecule has 0 saturated carbocycles. The minimum atomic E-state index is -0.506. The summed E-state index contributed by atoms with van der Waals surface area (Å²) in [4.78, 5) is 12.2. The Balaban J connectivity index is 1.51. The zero-order valence-corrected chi connectivity index (χ0v) is 20.1. The normalized spacial score (nSPS) is 11.0. The third kappa shape index (κ3) is 5.38. The van der Waals surface area contributed by atoms with Gasteiger partial charge in [0.25, 0.3) is 5.91 Å². The number of hydrogen-bond donors (Lipinski definition) is 2. The second-order valence-electron chi connectivity index (χ2n) is 7.41. The number of hydrogen-bond acceptors (Lipinski definition) is 5. The van der Waals surface area contributed by atoms with Crippen molar-refractivity contribution in [1.29, 1.82) is 0 Å². The summed E-state index contributed by atoms with van der Waals surface area (Å²) in [6.07, 6.45) is 1.50. The number of nitrogens with one attached hydrogen (secondary N) is 1. The van der Waals surface area contributed by atoms with Crippen LogP contribution in [-0.2, 0) is 6.61 Å². The third-order valence-corrected chi connectivity index (χ3v) is 5.70. The molecule has 172 valence electrons. The number of amides is 1. The zero-order chi connectivity index (χ0) is 23.9. The first-order valence-electron chi connectivity index (χ1n) is 10.7. The van der Waals surface area contributed by atoms with Crippen LogP contribution in [0.1, 0.15) is 28.4 Å². The lowest BCUT2D eigenvalue weighted by molar-refractivity contribution is 0.0952. The molecule has 4 rings (SSSR count). The number of halogens is 1. The van der Waals surface area contributed by atoms with Gasteiger partial charge in [-0.05, 0) is 69.0 Å². The van der Waals surface area contributed by atoms with Crippen LogP contribution >= 0.6 is 15.9 Å². The van der Waals surface area contributed by atoms with Crippen LogP contribution in [0.2, 0.25) is 0 Å². The van der Waals surface area contributed by atoms with Gasteiger partial charge in [0.15, 0.2) is 11.5 Å². The van der Waals surface area contributed by atoms with E-state index in [9.17, 15) is 9.90 Å². The van der Waals surface area contributed by atoms with E-state index in [4.69, 9.17) is 9.47 Å². The van der Waals surface area contributed by atoms with Crippen LogP contribution in [0.5, 0.6) is 17.2 Å². The molecule has 0 aliphatic heterocycles. The van der Waals surface area contributed by atoms with Gasteiger partial charge in [-0.3, -0.25) is 4.79 Å². The highest BCUT2D eigenvalue weighted by molar-refractivity contribution is 9.10. The summed E-state index contributed by atoms with van der Waals surface area (Å²) in [5, 5.41) is 16.1. The van der Waals surface area contributed by atoms with Gasteiger partial charge in [0.05, 0.1) is 22.9 Å². The second-order valence-corrected chi connectivity index (χ2v) is 8.26. The monoisotopic (exact) mass is 518 g/mol. The molecule has 4 aromatic carbocycles. The molecule has 0 aromatic heterocycles. The highest BCUT2D eigenvalue weighted by Gasteiger charge is 2.13. The average molecular weight is 519 g/mol. The number of carbonyl (C=O) groups excluding carboxylic acids is 1. The summed E-state index contributed by atoms with van der Waals surface area (Å²) in [7, 11) is 0. The first-order chi connectivity index (χ1) is 16.6.